The first kappa shape index (κ1) is 18.1. The monoisotopic (exact) mass is 341 g/mol. The zero-order chi connectivity index (χ0) is 18.4. The number of aliphatic hydroxyl groups excluding tert-OH is 1. The summed E-state index contributed by atoms with van der Waals surface area (Å²) in [4.78, 5) is 29.5. The van der Waals surface area contributed by atoms with Gasteiger partial charge in [0.05, 0.1) is 17.9 Å². The van der Waals surface area contributed by atoms with E-state index in [1.165, 1.54) is 7.05 Å². The molecule has 0 aliphatic rings. The number of amides is 2. The highest BCUT2D eigenvalue weighted by molar-refractivity contribution is 6.12. The maximum atomic E-state index is 11.6. The smallest absolute Gasteiger partial charge is 0.253 e. The standard InChI is InChI=1S/C16H14N4O3.CH5N/c17-15(23)14-11-2-1-10(6-13(11)20-16(14)19-8-22)12-5-9(7-21)3-4-18-12;1-2/h1-6,8,20-21H,7H2,(H2,17,23)(H,19,22);2H2,1H3. The number of H-pyrrole nitrogens is 1. The van der Waals surface area contributed by atoms with Crippen LogP contribution in [0.3, 0.4) is 0 Å². The van der Waals surface area contributed by atoms with Crippen molar-refractivity contribution in [2.45, 2.75) is 6.61 Å². The number of anilines is 1. The highest BCUT2D eigenvalue weighted by atomic mass is 16.3. The molecule has 0 aliphatic carbocycles. The van der Waals surface area contributed by atoms with Crippen molar-refractivity contribution in [1.82, 2.24) is 9.97 Å². The summed E-state index contributed by atoms with van der Waals surface area (Å²) in [7, 11) is 1.50. The Bertz CT molecular complexity index is 904. The van der Waals surface area contributed by atoms with Gasteiger partial charge in [-0.1, -0.05) is 12.1 Å². The van der Waals surface area contributed by atoms with Gasteiger partial charge >= 0.3 is 0 Å². The normalized spacial score (nSPS) is 10.0. The fourth-order valence-corrected chi connectivity index (χ4v) is 2.51. The van der Waals surface area contributed by atoms with Crippen LogP contribution in [0.25, 0.3) is 22.2 Å². The predicted molar refractivity (Wildman–Crippen MR) is 95.8 cm³/mol. The molecule has 0 unspecified atom stereocenters. The molecule has 0 saturated carbocycles. The zero-order valence-corrected chi connectivity index (χ0v) is 13.6. The van der Waals surface area contributed by atoms with E-state index >= 15 is 0 Å². The molecule has 7 N–H and O–H groups in total. The highest BCUT2D eigenvalue weighted by Crippen LogP contribution is 2.29. The largest absolute Gasteiger partial charge is 0.392 e. The summed E-state index contributed by atoms with van der Waals surface area (Å²) in [6, 6.07) is 8.86. The Balaban J connectivity index is 0.00000109. The molecule has 0 fully saturated rings. The summed E-state index contributed by atoms with van der Waals surface area (Å²) in [6.45, 7) is -0.0699. The number of benzene rings is 1. The van der Waals surface area contributed by atoms with Gasteiger partial charge in [-0.2, -0.15) is 0 Å². The molecular weight excluding hydrogens is 322 g/mol. The highest BCUT2D eigenvalue weighted by Gasteiger charge is 2.16. The third-order valence-corrected chi connectivity index (χ3v) is 3.55. The summed E-state index contributed by atoms with van der Waals surface area (Å²) < 4.78 is 0. The first-order valence-electron chi connectivity index (χ1n) is 7.43. The number of nitrogens with one attached hydrogen (secondary N) is 2. The molecule has 25 heavy (non-hydrogen) atoms. The lowest BCUT2D eigenvalue weighted by molar-refractivity contribution is -0.105. The average molecular weight is 341 g/mol. The third kappa shape index (κ3) is 3.65. The number of aliphatic hydroxyl groups is 1. The molecular formula is C17H19N5O3. The number of fused-ring (bicyclic) bond motifs is 1. The second-order valence-corrected chi connectivity index (χ2v) is 4.97. The molecule has 8 nitrogen and oxygen atoms in total. The molecule has 0 saturated heterocycles. The van der Waals surface area contributed by atoms with Crippen LogP contribution in [0.2, 0.25) is 0 Å². The van der Waals surface area contributed by atoms with E-state index in [2.05, 4.69) is 21.0 Å². The van der Waals surface area contributed by atoms with Gasteiger partial charge < -0.3 is 26.9 Å². The Hall–Kier alpha value is -3.23. The van der Waals surface area contributed by atoms with E-state index in [1.54, 1.807) is 36.5 Å². The van der Waals surface area contributed by atoms with Crippen LogP contribution in [0.5, 0.6) is 0 Å². The van der Waals surface area contributed by atoms with Crippen LogP contribution in [0.4, 0.5) is 5.82 Å². The van der Waals surface area contributed by atoms with Crippen LogP contribution in [0.15, 0.2) is 36.5 Å². The number of nitrogens with zero attached hydrogens (tertiary/aromatic N) is 1. The number of carbonyl (C=O) groups is 2. The Labute approximate surface area is 143 Å². The summed E-state index contributed by atoms with van der Waals surface area (Å²) in [5, 5.41) is 12.3. The number of carbonyl (C=O) groups excluding carboxylic acids is 2. The fraction of sp³-hybridized carbons (Fsp3) is 0.118. The van der Waals surface area contributed by atoms with Crippen molar-refractivity contribution in [3.05, 3.63) is 47.7 Å². The molecule has 0 bridgehead atoms. The third-order valence-electron chi connectivity index (χ3n) is 3.55. The van der Waals surface area contributed by atoms with E-state index in [1.807, 2.05) is 0 Å². The van der Waals surface area contributed by atoms with Crippen LogP contribution in [0, 0.1) is 0 Å². The minimum absolute atomic E-state index is 0.0699. The number of nitrogens with two attached hydrogens (primary N) is 2. The Morgan fingerprint density at radius 1 is 1.32 bits per heavy atom. The summed E-state index contributed by atoms with van der Waals surface area (Å²) in [6.07, 6.45) is 2.10. The molecule has 0 spiro atoms. The van der Waals surface area contributed by atoms with Crippen LogP contribution in [0.1, 0.15) is 15.9 Å². The van der Waals surface area contributed by atoms with Gasteiger partial charge in [-0.15, -0.1) is 0 Å². The first-order chi connectivity index (χ1) is 12.1. The number of primary amides is 1. The molecule has 3 rings (SSSR count). The van der Waals surface area contributed by atoms with Crippen molar-refractivity contribution in [1.29, 1.82) is 0 Å². The molecule has 2 aromatic heterocycles. The molecule has 0 aliphatic heterocycles. The lowest BCUT2D eigenvalue weighted by atomic mass is 10.1. The molecule has 2 heterocycles. The molecule has 0 atom stereocenters. The van der Waals surface area contributed by atoms with E-state index < -0.39 is 5.91 Å². The van der Waals surface area contributed by atoms with Crippen LogP contribution < -0.4 is 16.8 Å². The SMILES string of the molecule is CN.NC(=O)c1c(NC=O)[nH]c2cc(-c3cc(CO)ccn3)ccc12. The van der Waals surface area contributed by atoms with Crippen molar-refractivity contribution < 1.29 is 14.7 Å². The number of pyridine rings is 1. The summed E-state index contributed by atoms with van der Waals surface area (Å²) in [5.74, 6) is -0.370. The van der Waals surface area contributed by atoms with E-state index in [-0.39, 0.29) is 18.0 Å². The number of aromatic nitrogens is 2. The topological polar surface area (TPSA) is 147 Å². The van der Waals surface area contributed by atoms with Crippen LogP contribution in [-0.2, 0) is 11.4 Å². The quantitative estimate of drug-likeness (QED) is 0.439. The second-order valence-electron chi connectivity index (χ2n) is 4.97. The van der Waals surface area contributed by atoms with Crippen LogP contribution >= 0.6 is 0 Å². The molecule has 1 aromatic carbocycles. The molecule has 8 heteroatoms. The Morgan fingerprint density at radius 3 is 2.72 bits per heavy atom. The van der Waals surface area contributed by atoms with E-state index in [9.17, 15) is 14.7 Å². The van der Waals surface area contributed by atoms with Crippen LogP contribution in [-0.4, -0.2) is 34.4 Å². The number of aromatic amines is 1. The maximum absolute atomic E-state index is 11.6. The number of rotatable bonds is 5. The first-order valence-corrected chi connectivity index (χ1v) is 7.43. The van der Waals surface area contributed by atoms with Gasteiger partial charge in [0.1, 0.15) is 5.82 Å². The minimum Gasteiger partial charge on any atom is -0.392 e. The van der Waals surface area contributed by atoms with Gasteiger partial charge in [-0.25, -0.2) is 0 Å². The van der Waals surface area contributed by atoms with Gasteiger partial charge in [0.2, 0.25) is 6.41 Å². The van der Waals surface area contributed by atoms with Crippen molar-refractivity contribution >= 4 is 29.0 Å². The molecule has 0 radical (unpaired) electrons. The zero-order valence-electron chi connectivity index (χ0n) is 13.6. The Kier molecular flexibility index (Phi) is 5.83. The predicted octanol–water partition coefficient (Wildman–Crippen LogP) is 0.964. The summed E-state index contributed by atoms with van der Waals surface area (Å²) in [5.41, 5.74) is 13.0. The van der Waals surface area contributed by atoms with Gasteiger partial charge in [-0.3, -0.25) is 14.6 Å². The van der Waals surface area contributed by atoms with Crippen molar-refractivity contribution in [3.8, 4) is 11.3 Å². The van der Waals surface area contributed by atoms with Crippen molar-refractivity contribution in [2.75, 3.05) is 12.4 Å². The van der Waals surface area contributed by atoms with E-state index in [4.69, 9.17) is 5.73 Å². The van der Waals surface area contributed by atoms with Gasteiger partial charge in [0, 0.05) is 22.7 Å². The number of hydrogen-bond acceptors (Lipinski definition) is 5. The van der Waals surface area contributed by atoms with Gasteiger partial charge in [0.25, 0.3) is 5.91 Å². The molecule has 130 valence electrons. The van der Waals surface area contributed by atoms with Crippen molar-refractivity contribution in [3.63, 3.8) is 0 Å². The minimum atomic E-state index is -0.631. The van der Waals surface area contributed by atoms with E-state index in [0.29, 0.717) is 23.0 Å². The van der Waals surface area contributed by atoms with E-state index in [0.717, 1.165) is 11.1 Å². The Morgan fingerprint density at radius 2 is 2.08 bits per heavy atom. The fourth-order valence-electron chi connectivity index (χ4n) is 2.51. The molecule has 3 aromatic rings. The molecule has 2 amide bonds. The lowest BCUT2D eigenvalue weighted by Gasteiger charge is -2.03. The average Bonchev–Trinajstić information content (AvgIpc) is 3.01. The lowest BCUT2D eigenvalue weighted by Crippen LogP contribution is -2.13. The second kappa shape index (κ2) is 8.04. The maximum Gasteiger partial charge on any atom is 0.253 e. The number of hydrogen-bond donors (Lipinski definition) is 5. The van der Waals surface area contributed by atoms with Gasteiger partial charge in [0.15, 0.2) is 0 Å². The summed E-state index contributed by atoms with van der Waals surface area (Å²) >= 11 is 0. The van der Waals surface area contributed by atoms with Crippen molar-refractivity contribution in [2.24, 2.45) is 11.5 Å². The van der Waals surface area contributed by atoms with Gasteiger partial charge in [-0.05, 0) is 30.8 Å².